The number of hydrogen-bond donors (Lipinski definition) is 4. The van der Waals surface area contributed by atoms with Crippen molar-refractivity contribution in [2.45, 2.75) is 20.0 Å². The third-order valence-corrected chi connectivity index (χ3v) is 3.56. The number of hydrogen-bond acceptors (Lipinski definition) is 6. The third kappa shape index (κ3) is 3.76. The van der Waals surface area contributed by atoms with Gasteiger partial charge in [-0.15, -0.1) is 0 Å². The van der Waals surface area contributed by atoms with Crippen LogP contribution in [0, 0.1) is 0 Å². The highest BCUT2D eigenvalue weighted by atomic mass is 16.3. The van der Waals surface area contributed by atoms with Gasteiger partial charge in [0.25, 0.3) is 0 Å². The molecule has 1 atom stereocenters. The highest BCUT2D eigenvalue weighted by molar-refractivity contribution is 5.97. The van der Waals surface area contributed by atoms with Gasteiger partial charge in [-0.3, -0.25) is 0 Å². The molecule has 2 aromatic heterocycles. The minimum absolute atomic E-state index is 0.140. The van der Waals surface area contributed by atoms with Crippen LogP contribution in [0.2, 0.25) is 0 Å². The number of aromatic nitrogens is 3. The lowest BCUT2D eigenvalue weighted by Gasteiger charge is -2.08. The van der Waals surface area contributed by atoms with Crippen molar-refractivity contribution < 1.29 is 5.11 Å². The third-order valence-electron chi connectivity index (χ3n) is 3.56. The zero-order valence-electron chi connectivity index (χ0n) is 14.3. The average molecular weight is 341 g/mol. The van der Waals surface area contributed by atoms with Gasteiger partial charge in [0.1, 0.15) is 5.84 Å². The summed E-state index contributed by atoms with van der Waals surface area (Å²) in [5.41, 5.74) is 14.0. The topological polar surface area (TPSA) is 141 Å². The maximum absolute atomic E-state index is 9.81. The lowest BCUT2D eigenvalue weighted by atomic mass is 10.1. The molecule has 0 aliphatic rings. The lowest BCUT2D eigenvalue weighted by Crippen LogP contribution is -2.15. The molecule has 1 unspecified atom stereocenters. The first kappa shape index (κ1) is 18.4. The van der Waals surface area contributed by atoms with Crippen LogP contribution in [0.25, 0.3) is 16.7 Å². The van der Waals surface area contributed by atoms with Crippen LogP contribution >= 0.6 is 0 Å². The second-order valence-electron chi connectivity index (χ2n) is 5.05. The number of fused-ring (bicyclic) bond motifs is 1. The van der Waals surface area contributed by atoms with Crippen LogP contribution < -0.4 is 17.3 Å². The van der Waals surface area contributed by atoms with Crippen molar-refractivity contribution in [3.8, 4) is 5.69 Å². The molecule has 0 radical (unpaired) electrons. The predicted octanol–water partition coefficient (Wildman–Crippen LogP) is 1.02. The molecule has 0 spiro atoms. The molecule has 0 saturated carbocycles. The Morgan fingerprint density at radius 3 is 2.72 bits per heavy atom. The van der Waals surface area contributed by atoms with Gasteiger partial charge in [0.15, 0.2) is 5.65 Å². The summed E-state index contributed by atoms with van der Waals surface area (Å²) in [7, 11) is 0. The second kappa shape index (κ2) is 8.22. The molecule has 25 heavy (non-hydrogen) atoms. The van der Waals surface area contributed by atoms with E-state index in [0.29, 0.717) is 16.8 Å². The Morgan fingerprint density at radius 2 is 2.04 bits per heavy atom. The normalized spacial score (nSPS) is 12.6. The Labute approximate surface area is 146 Å². The smallest absolute Gasteiger partial charge is 0.162 e. The molecule has 7 N–H and O–H groups in total. The summed E-state index contributed by atoms with van der Waals surface area (Å²) in [5, 5.41) is 18.5. The fourth-order valence-corrected chi connectivity index (χ4v) is 2.32. The molecule has 3 rings (SSSR count). The van der Waals surface area contributed by atoms with Crippen molar-refractivity contribution >= 4 is 16.9 Å². The number of pyridine rings is 1. The van der Waals surface area contributed by atoms with Gasteiger partial charge in [-0.25, -0.2) is 9.67 Å². The van der Waals surface area contributed by atoms with E-state index in [-0.39, 0.29) is 12.4 Å². The van der Waals surface area contributed by atoms with Crippen LogP contribution in [-0.2, 0) is 0 Å². The van der Waals surface area contributed by atoms with Gasteiger partial charge in [0.2, 0.25) is 0 Å². The van der Waals surface area contributed by atoms with E-state index >= 15 is 0 Å². The molecule has 0 bridgehead atoms. The molecule has 0 amide bonds. The number of nitrogens with zero attached hydrogens (tertiary/aromatic N) is 4. The molecule has 0 aliphatic heterocycles. The van der Waals surface area contributed by atoms with E-state index in [9.17, 15) is 5.11 Å². The lowest BCUT2D eigenvalue weighted by molar-refractivity contribution is 0.186. The SMILES string of the molecule is CC.NCC(O)c1cnc2c(cnn2-c2cccc(/C(N)=N/N)c2)c1. The van der Waals surface area contributed by atoms with Crippen molar-refractivity contribution in [3.63, 3.8) is 0 Å². The standard InChI is InChI=1S/C15H17N7O.C2H6/c16-6-13(23)10-4-11-8-20-22(15(11)19-7-10)12-3-1-2-9(5-12)14(17)21-18;1-2/h1-5,7-8,13,23H,6,16,18H2,(H2,17,21);1-2H3. The Kier molecular flexibility index (Phi) is 6.04. The molecule has 3 aromatic rings. The van der Waals surface area contributed by atoms with Crippen LogP contribution in [0.3, 0.4) is 0 Å². The fraction of sp³-hybridized carbons (Fsp3) is 0.235. The highest BCUT2D eigenvalue weighted by Crippen LogP contribution is 2.20. The van der Waals surface area contributed by atoms with Crippen LogP contribution in [-0.4, -0.2) is 32.3 Å². The number of benzene rings is 1. The molecule has 0 saturated heterocycles. The molecule has 8 heteroatoms. The Hall–Kier alpha value is -2.97. The predicted molar refractivity (Wildman–Crippen MR) is 99.1 cm³/mol. The Bertz CT molecular complexity index is 872. The van der Waals surface area contributed by atoms with Gasteiger partial charge in [-0.05, 0) is 18.2 Å². The van der Waals surface area contributed by atoms with Gasteiger partial charge in [-0.2, -0.15) is 10.2 Å². The first-order valence-electron chi connectivity index (χ1n) is 8.00. The largest absolute Gasteiger partial charge is 0.387 e. The average Bonchev–Trinajstić information content (AvgIpc) is 3.11. The van der Waals surface area contributed by atoms with Crippen molar-refractivity contribution in [2.75, 3.05) is 6.54 Å². The minimum atomic E-state index is -0.737. The molecular formula is C17H23N7O. The molecule has 8 nitrogen and oxygen atoms in total. The van der Waals surface area contributed by atoms with Gasteiger partial charge in [-0.1, -0.05) is 26.0 Å². The minimum Gasteiger partial charge on any atom is -0.387 e. The van der Waals surface area contributed by atoms with E-state index in [1.807, 2.05) is 44.2 Å². The van der Waals surface area contributed by atoms with Crippen LogP contribution in [0.5, 0.6) is 0 Å². The first-order valence-corrected chi connectivity index (χ1v) is 8.00. The zero-order chi connectivity index (χ0) is 18.4. The maximum Gasteiger partial charge on any atom is 0.162 e. The van der Waals surface area contributed by atoms with E-state index in [0.717, 1.165) is 11.1 Å². The van der Waals surface area contributed by atoms with Crippen molar-refractivity contribution in [2.24, 2.45) is 22.4 Å². The summed E-state index contributed by atoms with van der Waals surface area (Å²) >= 11 is 0. The molecule has 132 valence electrons. The highest BCUT2D eigenvalue weighted by Gasteiger charge is 2.11. The molecular weight excluding hydrogens is 318 g/mol. The molecule has 0 aliphatic carbocycles. The van der Waals surface area contributed by atoms with Crippen LogP contribution in [0.1, 0.15) is 31.1 Å². The van der Waals surface area contributed by atoms with Gasteiger partial charge >= 0.3 is 0 Å². The van der Waals surface area contributed by atoms with E-state index in [1.54, 1.807) is 17.1 Å². The fourth-order valence-electron chi connectivity index (χ4n) is 2.32. The van der Waals surface area contributed by atoms with Crippen LogP contribution in [0.15, 0.2) is 47.8 Å². The van der Waals surface area contributed by atoms with E-state index in [4.69, 9.17) is 17.3 Å². The number of aliphatic hydroxyl groups is 1. The summed E-state index contributed by atoms with van der Waals surface area (Å²) in [4.78, 5) is 4.38. The van der Waals surface area contributed by atoms with Crippen molar-refractivity contribution in [3.05, 3.63) is 53.9 Å². The van der Waals surface area contributed by atoms with Gasteiger partial charge in [0.05, 0.1) is 18.0 Å². The Balaban J connectivity index is 0.00000109. The maximum atomic E-state index is 9.81. The van der Waals surface area contributed by atoms with E-state index < -0.39 is 6.10 Å². The van der Waals surface area contributed by atoms with Gasteiger partial charge in [0, 0.05) is 29.3 Å². The monoisotopic (exact) mass is 341 g/mol. The molecule has 1 aromatic carbocycles. The zero-order valence-corrected chi connectivity index (χ0v) is 14.3. The molecule has 2 heterocycles. The molecule has 0 fully saturated rings. The quantitative estimate of drug-likeness (QED) is 0.241. The van der Waals surface area contributed by atoms with E-state index in [2.05, 4.69) is 15.2 Å². The van der Waals surface area contributed by atoms with Crippen LogP contribution in [0.4, 0.5) is 0 Å². The summed E-state index contributed by atoms with van der Waals surface area (Å²) < 4.78 is 1.68. The van der Waals surface area contributed by atoms with Gasteiger partial charge < -0.3 is 22.4 Å². The van der Waals surface area contributed by atoms with E-state index in [1.165, 1.54) is 0 Å². The first-order chi connectivity index (χ1) is 12.1. The number of amidine groups is 1. The summed E-state index contributed by atoms with van der Waals surface area (Å²) in [6.07, 6.45) is 2.54. The van der Waals surface area contributed by atoms with Crippen molar-refractivity contribution in [1.82, 2.24) is 14.8 Å². The number of rotatable bonds is 4. The summed E-state index contributed by atoms with van der Waals surface area (Å²) in [6.45, 7) is 4.14. The van der Waals surface area contributed by atoms with Crippen molar-refractivity contribution in [1.29, 1.82) is 0 Å². The second-order valence-corrected chi connectivity index (χ2v) is 5.05. The number of nitrogens with two attached hydrogens (primary N) is 3. The summed E-state index contributed by atoms with van der Waals surface area (Å²) in [6, 6.07) is 9.17. The number of hydrazone groups is 1. The number of aliphatic hydroxyl groups excluding tert-OH is 1. The summed E-state index contributed by atoms with van der Waals surface area (Å²) in [5.74, 6) is 5.46. The Morgan fingerprint density at radius 1 is 1.28 bits per heavy atom.